The van der Waals surface area contributed by atoms with Crippen molar-refractivity contribution in [2.24, 2.45) is 5.73 Å². The molecule has 5 heteroatoms. The molecular weight excluding hydrogens is 234 g/mol. The van der Waals surface area contributed by atoms with Gasteiger partial charge >= 0.3 is 0 Å². The molecule has 0 bridgehead atoms. The first-order chi connectivity index (χ1) is 8.18. The minimum absolute atomic E-state index is 0.0724. The molecule has 0 saturated carbocycles. The fourth-order valence-corrected chi connectivity index (χ4v) is 2.78. The maximum absolute atomic E-state index is 6.29. The molecule has 96 valence electrons. The maximum Gasteiger partial charge on any atom is 0.0940 e. The van der Waals surface area contributed by atoms with Gasteiger partial charge in [-0.1, -0.05) is 0 Å². The third kappa shape index (κ3) is 4.03. The molecule has 4 nitrogen and oxygen atoms in total. The summed E-state index contributed by atoms with van der Waals surface area (Å²) in [6.07, 6.45) is 2.90. The van der Waals surface area contributed by atoms with Crippen LogP contribution in [0.2, 0.25) is 0 Å². The minimum Gasteiger partial charge on any atom is -0.381 e. The maximum atomic E-state index is 6.29. The van der Waals surface area contributed by atoms with Gasteiger partial charge in [-0.05, 0) is 19.8 Å². The predicted octanol–water partition coefficient (Wildman–Crippen LogP) is 1.09. The van der Waals surface area contributed by atoms with Crippen LogP contribution in [-0.2, 0) is 11.2 Å². The smallest absolute Gasteiger partial charge is 0.0940 e. The van der Waals surface area contributed by atoms with Gasteiger partial charge in [-0.15, -0.1) is 11.3 Å². The summed E-state index contributed by atoms with van der Waals surface area (Å²) in [5, 5.41) is 6.74. The van der Waals surface area contributed by atoms with Gasteiger partial charge in [-0.2, -0.15) is 0 Å². The van der Waals surface area contributed by atoms with Gasteiger partial charge in [0.1, 0.15) is 0 Å². The highest BCUT2D eigenvalue weighted by atomic mass is 32.1. The highest BCUT2D eigenvalue weighted by molar-refractivity contribution is 7.09. The molecule has 1 aliphatic heterocycles. The Morgan fingerprint density at radius 3 is 2.94 bits per heavy atom. The third-order valence-corrected chi connectivity index (χ3v) is 4.17. The van der Waals surface area contributed by atoms with Gasteiger partial charge in [0.05, 0.1) is 5.01 Å². The van der Waals surface area contributed by atoms with Crippen LogP contribution in [-0.4, -0.2) is 36.8 Å². The Morgan fingerprint density at radius 1 is 1.53 bits per heavy atom. The van der Waals surface area contributed by atoms with E-state index in [-0.39, 0.29) is 5.54 Å². The Morgan fingerprint density at radius 2 is 2.29 bits per heavy atom. The summed E-state index contributed by atoms with van der Waals surface area (Å²) in [7, 11) is 0. The first-order valence-electron chi connectivity index (χ1n) is 6.16. The van der Waals surface area contributed by atoms with E-state index in [0.717, 1.165) is 51.3 Å². The van der Waals surface area contributed by atoms with E-state index in [0.29, 0.717) is 0 Å². The molecule has 0 unspecified atom stereocenters. The third-order valence-electron chi connectivity index (χ3n) is 3.15. The van der Waals surface area contributed by atoms with Crippen molar-refractivity contribution in [1.29, 1.82) is 0 Å². The Hall–Kier alpha value is -0.490. The first kappa shape index (κ1) is 13.0. The van der Waals surface area contributed by atoms with Crippen molar-refractivity contribution in [3.63, 3.8) is 0 Å². The number of thiazole rings is 1. The molecule has 2 rings (SSSR count). The number of aryl methyl sites for hydroxylation is 1. The summed E-state index contributed by atoms with van der Waals surface area (Å²) in [4.78, 5) is 4.44. The molecule has 0 aliphatic carbocycles. The van der Waals surface area contributed by atoms with E-state index in [1.54, 1.807) is 11.3 Å². The Bertz CT molecular complexity index is 347. The zero-order chi connectivity index (χ0) is 12.1. The SMILES string of the molecule is Cc1csc(CCNCC2(N)CCOCC2)n1. The molecule has 0 aromatic carbocycles. The van der Waals surface area contributed by atoms with Crippen LogP contribution in [0.4, 0.5) is 0 Å². The zero-order valence-electron chi connectivity index (χ0n) is 10.4. The summed E-state index contributed by atoms with van der Waals surface area (Å²) in [6, 6.07) is 0. The minimum atomic E-state index is -0.0724. The molecule has 0 atom stereocenters. The van der Waals surface area contributed by atoms with E-state index in [4.69, 9.17) is 10.5 Å². The largest absolute Gasteiger partial charge is 0.381 e. The lowest BCUT2D eigenvalue weighted by atomic mass is 9.91. The van der Waals surface area contributed by atoms with Crippen molar-refractivity contribution in [3.8, 4) is 0 Å². The second kappa shape index (κ2) is 5.91. The van der Waals surface area contributed by atoms with Crippen molar-refractivity contribution in [1.82, 2.24) is 10.3 Å². The molecule has 1 saturated heterocycles. The van der Waals surface area contributed by atoms with E-state index >= 15 is 0 Å². The normalized spacial score (nSPS) is 19.4. The molecule has 1 fully saturated rings. The second-order valence-corrected chi connectivity index (χ2v) is 5.73. The lowest BCUT2D eigenvalue weighted by molar-refractivity contribution is 0.0533. The molecule has 1 aromatic rings. The number of aromatic nitrogens is 1. The molecule has 3 N–H and O–H groups in total. The summed E-state index contributed by atoms with van der Waals surface area (Å²) in [5.41, 5.74) is 7.33. The van der Waals surface area contributed by atoms with Crippen LogP contribution in [0.25, 0.3) is 0 Å². The van der Waals surface area contributed by atoms with Crippen molar-refractivity contribution in [2.75, 3.05) is 26.3 Å². The van der Waals surface area contributed by atoms with Crippen LogP contribution in [0.1, 0.15) is 23.5 Å². The van der Waals surface area contributed by atoms with Gasteiger partial charge in [0.15, 0.2) is 0 Å². The number of nitrogens with zero attached hydrogens (tertiary/aromatic N) is 1. The summed E-state index contributed by atoms with van der Waals surface area (Å²) >= 11 is 1.73. The fourth-order valence-electron chi connectivity index (χ4n) is 2.00. The molecule has 2 heterocycles. The standard InChI is InChI=1S/C12H21N3OS/c1-10-8-17-11(15-10)2-5-14-9-12(13)3-6-16-7-4-12/h8,14H,2-7,9,13H2,1H3. The average Bonchev–Trinajstić information content (AvgIpc) is 2.72. The Kier molecular flexibility index (Phi) is 4.50. The van der Waals surface area contributed by atoms with E-state index in [9.17, 15) is 0 Å². The van der Waals surface area contributed by atoms with Crippen molar-refractivity contribution in [3.05, 3.63) is 16.1 Å². The van der Waals surface area contributed by atoms with Crippen LogP contribution in [0, 0.1) is 6.92 Å². The average molecular weight is 255 g/mol. The zero-order valence-corrected chi connectivity index (χ0v) is 11.2. The first-order valence-corrected chi connectivity index (χ1v) is 7.04. The molecule has 0 radical (unpaired) electrons. The van der Waals surface area contributed by atoms with Crippen molar-refractivity contribution < 1.29 is 4.74 Å². The predicted molar refractivity (Wildman–Crippen MR) is 70.4 cm³/mol. The topological polar surface area (TPSA) is 60.2 Å². The molecule has 1 aromatic heterocycles. The van der Waals surface area contributed by atoms with E-state index < -0.39 is 0 Å². The van der Waals surface area contributed by atoms with Gasteiger partial charge in [0.25, 0.3) is 0 Å². The van der Waals surface area contributed by atoms with Crippen LogP contribution < -0.4 is 11.1 Å². The summed E-state index contributed by atoms with van der Waals surface area (Å²) in [5.74, 6) is 0. The van der Waals surface area contributed by atoms with E-state index in [2.05, 4.69) is 15.7 Å². The van der Waals surface area contributed by atoms with Crippen LogP contribution in [0.15, 0.2) is 5.38 Å². The highest BCUT2D eigenvalue weighted by Crippen LogP contribution is 2.16. The van der Waals surface area contributed by atoms with E-state index in [1.165, 1.54) is 5.01 Å². The number of ether oxygens (including phenoxy) is 1. The Balaban J connectivity index is 1.65. The molecule has 1 aliphatic rings. The number of hydrogen-bond acceptors (Lipinski definition) is 5. The van der Waals surface area contributed by atoms with Gasteiger partial charge < -0.3 is 15.8 Å². The second-order valence-electron chi connectivity index (χ2n) is 4.78. The number of nitrogens with one attached hydrogen (secondary N) is 1. The Labute approximate surface area is 107 Å². The fraction of sp³-hybridized carbons (Fsp3) is 0.750. The lowest BCUT2D eigenvalue weighted by Gasteiger charge is -2.33. The van der Waals surface area contributed by atoms with Crippen LogP contribution >= 0.6 is 11.3 Å². The van der Waals surface area contributed by atoms with Crippen LogP contribution in [0.5, 0.6) is 0 Å². The van der Waals surface area contributed by atoms with Crippen molar-refractivity contribution >= 4 is 11.3 Å². The van der Waals surface area contributed by atoms with Gasteiger partial charge in [-0.25, -0.2) is 4.98 Å². The quantitative estimate of drug-likeness (QED) is 0.773. The highest BCUT2D eigenvalue weighted by Gasteiger charge is 2.27. The lowest BCUT2D eigenvalue weighted by Crippen LogP contribution is -2.52. The van der Waals surface area contributed by atoms with Crippen LogP contribution in [0.3, 0.4) is 0 Å². The molecule has 0 spiro atoms. The van der Waals surface area contributed by atoms with Gasteiger partial charge in [-0.3, -0.25) is 0 Å². The van der Waals surface area contributed by atoms with Gasteiger partial charge in [0, 0.05) is 49.3 Å². The summed E-state index contributed by atoms with van der Waals surface area (Å²) in [6.45, 7) is 5.45. The number of hydrogen-bond donors (Lipinski definition) is 2. The molecule has 17 heavy (non-hydrogen) atoms. The molecule has 0 amide bonds. The van der Waals surface area contributed by atoms with Gasteiger partial charge in [0.2, 0.25) is 0 Å². The summed E-state index contributed by atoms with van der Waals surface area (Å²) < 4.78 is 5.33. The monoisotopic (exact) mass is 255 g/mol. The number of nitrogens with two attached hydrogens (primary N) is 1. The number of rotatable bonds is 5. The molecular formula is C12H21N3OS. The van der Waals surface area contributed by atoms with E-state index in [1.807, 2.05) is 6.92 Å². The van der Waals surface area contributed by atoms with Crippen molar-refractivity contribution in [2.45, 2.75) is 31.7 Å².